The largest absolute Gasteiger partial charge is 0.479 e. The third kappa shape index (κ3) is 6.78. The number of aliphatic hydroxyl groups is 1. The van der Waals surface area contributed by atoms with E-state index in [4.69, 9.17) is 18.9 Å². The lowest BCUT2D eigenvalue weighted by Crippen LogP contribution is -2.66. The SMILES string of the molecule is CC(=O)OC1C(OC(C)=O)[C@H]([C@H](O)C[C@@]23CCC4C(=CCC5[C@@]4(C)CCC4C(C)(C)C(=O)CC[C@@]45C)C2CC(C)(C)CC3)OC(C(=O)O)[C@H]1OC(C)=O. The highest BCUT2D eigenvalue weighted by atomic mass is 16.7. The van der Waals surface area contributed by atoms with Crippen LogP contribution in [-0.4, -0.2) is 76.5 Å². The van der Waals surface area contributed by atoms with E-state index in [0.29, 0.717) is 30.0 Å². The molecular weight excluding hydrogens is 680 g/mol. The Kier molecular flexibility index (Phi) is 10.3. The van der Waals surface area contributed by atoms with E-state index in [-0.39, 0.29) is 39.4 Å². The molecule has 1 aliphatic heterocycles. The van der Waals surface area contributed by atoms with Gasteiger partial charge in [0, 0.05) is 32.6 Å². The topological polar surface area (TPSA) is 163 Å². The number of hydrogen-bond acceptors (Lipinski definition) is 10. The molecule has 6 rings (SSSR count). The number of carbonyl (C=O) groups excluding carboxylic acids is 4. The van der Waals surface area contributed by atoms with Gasteiger partial charge in [-0.3, -0.25) is 19.2 Å². The summed E-state index contributed by atoms with van der Waals surface area (Å²) in [6, 6.07) is 0. The first kappa shape index (κ1) is 39.9. The smallest absolute Gasteiger partial charge is 0.336 e. The van der Waals surface area contributed by atoms with Crippen molar-refractivity contribution in [1.29, 1.82) is 0 Å². The number of carboxylic acid groups (broad SMARTS) is 1. The lowest BCUT2D eigenvalue weighted by Gasteiger charge is -2.67. The molecule has 53 heavy (non-hydrogen) atoms. The maximum atomic E-state index is 13.1. The van der Waals surface area contributed by atoms with E-state index >= 15 is 0 Å². The van der Waals surface area contributed by atoms with Crippen molar-refractivity contribution in [1.82, 2.24) is 0 Å². The molecule has 5 fully saturated rings. The molecule has 1 heterocycles. The number of fused-ring (bicyclic) bond motifs is 7. The maximum absolute atomic E-state index is 13.1. The average Bonchev–Trinajstić information content (AvgIpc) is 3.03. The molecule has 11 nitrogen and oxygen atoms in total. The maximum Gasteiger partial charge on any atom is 0.336 e. The Morgan fingerprint density at radius 2 is 1.42 bits per heavy atom. The second kappa shape index (κ2) is 13.7. The number of aliphatic carboxylic acids is 1. The van der Waals surface area contributed by atoms with Crippen LogP contribution in [0.25, 0.3) is 0 Å². The number of hydrogen-bond donors (Lipinski definition) is 2. The van der Waals surface area contributed by atoms with Crippen LogP contribution in [0.1, 0.15) is 133 Å². The molecule has 7 unspecified atom stereocenters. The van der Waals surface area contributed by atoms with Crippen LogP contribution < -0.4 is 0 Å². The molecule has 0 amide bonds. The van der Waals surface area contributed by atoms with Gasteiger partial charge in [0.2, 0.25) is 0 Å². The number of ether oxygens (including phenoxy) is 4. The highest BCUT2D eigenvalue weighted by molar-refractivity contribution is 5.85. The van der Waals surface area contributed by atoms with Crippen molar-refractivity contribution in [3.63, 3.8) is 0 Å². The highest BCUT2D eigenvalue weighted by Gasteiger charge is 2.65. The summed E-state index contributed by atoms with van der Waals surface area (Å²) in [5.74, 6) is -2.04. The normalized spacial score (nSPS) is 43.3. The molecule has 0 aromatic heterocycles. The summed E-state index contributed by atoms with van der Waals surface area (Å²) in [6.45, 7) is 17.3. The lowest BCUT2D eigenvalue weighted by molar-refractivity contribution is -0.263. The molecule has 0 bridgehead atoms. The second-order valence-electron chi connectivity index (χ2n) is 19.5. The third-order valence-corrected chi connectivity index (χ3v) is 15.5. The summed E-state index contributed by atoms with van der Waals surface area (Å²) in [4.78, 5) is 62.6. The zero-order valence-corrected chi connectivity index (χ0v) is 33.2. The van der Waals surface area contributed by atoms with Gasteiger partial charge in [-0.05, 0) is 110 Å². The molecule has 296 valence electrons. The van der Waals surface area contributed by atoms with Crippen molar-refractivity contribution < 1.29 is 53.1 Å². The van der Waals surface area contributed by atoms with Gasteiger partial charge in [-0.2, -0.15) is 0 Å². The van der Waals surface area contributed by atoms with Crippen LogP contribution in [-0.2, 0) is 42.9 Å². The van der Waals surface area contributed by atoms with Crippen molar-refractivity contribution in [3.8, 4) is 0 Å². The Morgan fingerprint density at radius 3 is 2.04 bits per heavy atom. The van der Waals surface area contributed by atoms with E-state index in [2.05, 4.69) is 47.6 Å². The summed E-state index contributed by atoms with van der Waals surface area (Å²) >= 11 is 0. The van der Waals surface area contributed by atoms with Gasteiger partial charge >= 0.3 is 23.9 Å². The number of carboxylic acids is 1. The van der Waals surface area contributed by atoms with Crippen LogP contribution in [0.2, 0.25) is 0 Å². The van der Waals surface area contributed by atoms with Gasteiger partial charge in [-0.25, -0.2) is 4.79 Å². The highest BCUT2D eigenvalue weighted by Crippen LogP contribution is 2.72. The van der Waals surface area contributed by atoms with Crippen molar-refractivity contribution in [3.05, 3.63) is 11.6 Å². The minimum atomic E-state index is -1.78. The summed E-state index contributed by atoms with van der Waals surface area (Å²) in [6.07, 6.45) is 3.11. The number of allylic oxidation sites excluding steroid dienone is 2. The van der Waals surface area contributed by atoms with Crippen LogP contribution in [0.15, 0.2) is 11.6 Å². The Morgan fingerprint density at radius 1 is 0.792 bits per heavy atom. The second-order valence-corrected chi connectivity index (χ2v) is 19.5. The van der Waals surface area contributed by atoms with E-state index in [1.54, 1.807) is 0 Å². The first-order valence-corrected chi connectivity index (χ1v) is 19.9. The Bertz CT molecular complexity index is 1550. The molecule has 0 aromatic rings. The van der Waals surface area contributed by atoms with Gasteiger partial charge in [0.1, 0.15) is 11.9 Å². The minimum Gasteiger partial charge on any atom is -0.479 e. The molecule has 0 radical (unpaired) electrons. The van der Waals surface area contributed by atoms with Crippen LogP contribution in [0.5, 0.6) is 0 Å². The van der Waals surface area contributed by atoms with Gasteiger partial charge in [-0.15, -0.1) is 0 Å². The molecule has 2 N–H and O–H groups in total. The van der Waals surface area contributed by atoms with Crippen LogP contribution in [0.4, 0.5) is 0 Å². The van der Waals surface area contributed by atoms with Crippen molar-refractivity contribution in [2.24, 2.45) is 50.7 Å². The zero-order chi connectivity index (χ0) is 39.1. The standard InChI is InChI=1S/C42H62O11/c1-22(43)50-33-32(53-36(37(48)49)35(52-24(3)45)34(33)51-23(2)44)28(46)21-42-17-12-26-25(27(42)20-38(4,5)18-19-42)10-11-30-40(26,8)15-13-29-39(6,7)31(47)14-16-41(29,30)9/h10,26-30,32-36,46H,11-21H2,1-9H3,(H,48,49)/t26?,27?,28-,29?,30?,32+,33?,34?,35+,36?,40+,41+,42+/m1/s1. The van der Waals surface area contributed by atoms with Crippen molar-refractivity contribution in [2.75, 3.05) is 0 Å². The van der Waals surface area contributed by atoms with Crippen LogP contribution in [0.3, 0.4) is 0 Å². The van der Waals surface area contributed by atoms with E-state index in [9.17, 15) is 34.2 Å². The predicted molar refractivity (Wildman–Crippen MR) is 193 cm³/mol. The third-order valence-electron chi connectivity index (χ3n) is 15.5. The van der Waals surface area contributed by atoms with Gasteiger partial charge in [0.15, 0.2) is 24.4 Å². The van der Waals surface area contributed by atoms with E-state index in [1.807, 2.05) is 0 Å². The fourth-order valence-electron chi connectivity index (χ4n) is 13.1. The summed E-state index contributed by atoms with van der Waals surface area (Å²) < 4.78 is 22.5. The number of Topliss-reactive ketones (excluding diaryl/α,β-unsaturated/α-hetero) is 1. The van der Waals surface area contributed by atoms with E-state index in [1.165, 1.54) is 12.5 Å². The molecule has 4 saturated carbocycles. The molecule has 13 atom stereocenters. The van der Waals surface area contributed by atoms with Gasteiger partial charge < -0.3 is 29.2 Å². The number of ketones is 1. The monoisotopic (exact) mass is 742 g/mol. The molecule has 1 saturated heterocycles. The first-order chi connectivity index (χ1) is 24.6. The molecule has 5 aliphatic carbocycles. The number of rotatable bonds is 7. The Labute approximate surface area is 314 Å². The molecule has 0 aromatic carbocycles. The lowest BCUT2D eigenvalue weighted by atomic mass is 9.37. The summed E-state index contributed by atoms with van der Waals surface area (Å²) in [5.41, 5.74) is 1.08. The number of carbonyl (C=O) groups is 5. The van der Waals surface area contributed by atoms with E-state index < -0.39 is 60.5 Å². The quantitative estimate of drug-likeness (QED) is 0.169. The first-order valence-electron chi connectivity index (χ1n) is 19.9. The van der Waals surface area contributed by atoms with Crippen molar-refractivity contribution in [2.45, 2.75) is 170 Å². The van der Waals surface area contributed by atoms with Crippen molar-refractivity contribution >= 4 is 29.7 Å². The fourth-order valence-corrected chi connectivity index (χ4v) is 13.1. The summed E-state index contributed by atoms with van der Waals surface area (Å²) in [7, 11) is 0. The number of aliphatic hydroxyl groups excluding tert-OH is 1. The average molecular weight is 743 g/mol. The van der Waals surface area contributed by atoms with Crippen LogP contribution in [0, 0.1) is 50.7 Å². The van der Waals surface area contributed by atoms with Gasteiger partial charge in [0.05, 0.1) is 6.10 Å². The predicted octanol–water partition coefficient (Wildman–Crippen LogP) is 6.37. The van der Waals surface area contributed by atoms with Gasteiger partial charge in [0.25, 0.3) is 0 Å². The minimum absolute atomic E-state index is 0.0741. The Balaban J connectivity index is 1.35. The number of esters is 3. The van der Waals surface area contributed by atoms with Crippen LogP contribution >= 0.6 is 0 Å². The Hall–Kier alpha value is -2.79. The van der Waals surface area contributed by atoms with Gasteiger partial charge in [-0.1, -0.05) is 53.2 Å². The molecule has 11 heteroatoms. The molecule has 6 aliphatic rings. The zero-order valence-electron chi connectivity index (χ0n) is 33.2. The summed E-state index contributed by atoms with van der Waals surface area (Å²) in [5, 5.41) is 22.5. The fraction of sp³-hybridized carbons (Fsp3) is 0.833. The molecule has 0 spiro atoms. The molecular formula is C42H62O11. The van der Waals surface area contributed by atoms with E-state index in [0.717, 1.165) is 71.6 Å².